The van der Waals surface area contributed by atoms with Gasteiger partial charge in [0.2, 0.25) is 12.6 Å². The Labute approximate surface area is 140 Å². The highest BCUT2D eigenvalue weighted by molar-refractivity contribution is 7.16. The van der Waals surface area contributed by atoms with E-state index in [1.807, 2.05) is 16.7 Å². The predicted molar refractivity (Wildman–Crippen MR) is 87.3 cm³/mol. The van der Waals surface area contributed by atoms with Crippen molar-refractivity contribution in [3.8, 4) is 11.5 Å². The molecule has 2 aromatic heterocycles. The lowest BCUT2D eigenvalue weighted by Gasteiger charge is -2.01. The maximum absolute atomic E-state index is 12.3. The van der Waals surface area contributed by atoms with Crippen molar-refractivity contribution in [1.29, 1.82) is 0 Å². The van der Waals surface area contributed by atoms with E-state index in [0.717, 1.165) is 10.2 Å². The van der Waals surface area contributed by atoms with Crippen LogP contribution in [0.3, 0.4) is 0 Å². The van der Waals surface area contributed by atoms with Gasteiger partial charge in [-0.1, -0.05) is 22.6 Å². The molecule has 0 unspecified atom stereocenters. The maximum Gasteiger partial charge on any atom is 0.318 e. The van der Waals surface area contributed by atoms with Crippen LogP contribution in [0.4, 0.5) is 0 Å². The van der Waals surface area contributed by atoms with Gasteiger partial charge in [-0.25, -0.2) is 0 Å². The molecule has 0 bridgehead atoms. The van der Waals surface area contributed by atoms with Gasteiger partial charge in [-0.15, -0.1) is 6.58 Å². The number of hydrogen-bond acceptors (Lipinski definition) is 6. The summed E-state index contributed by atoms with van der Waals surface area (Å²) in [5, 5.41) is 3.71. The van der Waals surface area contributed by atoms with Crippen molar-refractivity contribution in [1.82, 2.24) is 9.72 Å². The van der Waals surface area contributed by atoms with Crippen molar-refractivity contribution in [3.05, 3.63) is 47.1 Å². The molecule has 0 spiro atoms. The lowest BCUT2D eigenvalue weighted by molar-refractivity contribution is 0.0962. The van der Waals surface area contributed by atoms with Gasteiger partial charge in [-0.05, 0) is 6.92 Å². The number of ether oxygens (including phenoxy) is 2. The number of carbonyl (C=O) groups is 1. The van der Waals surface area contributed by atoms with E-state index in [2.05, 4.69) is 16.7 Å². The molecule has 0 saturated carbocycles. The summed E-state index contributed by atoms with van der Waals surface area (Å²) in [6.07, 6.45) is 1.75. The summed E-state index contributed by atoms with van der Waals surface area (Å²) in [4.78, 5) is 17.0. The minimum absolute atomic E-state index is 0.115. The van der Waals surface area contributed by atoms with E-state index in [9.17, 15) is 4.79 Å². The fraction of sp³-hybridized carbons (Fsp3) is 0.188. The van der Waals surface area contributed by atoms with E-state index >= 15 is 0 Å². The van der Waals surface area contributed by atoms with Crippen molar-refractivity contribution >= 4 is 27.5 Å². The number of thiazole rings is 1. The van der Waals surface area contributed by atoms with E-state index in [0.29, 0.717) is 28.5 Å². The summed E-state index contributed by atoms with van der Waals surface area (Å²) >= 11 is 1.39. The maximum atomic E-state index is 12.3. The van der Waals surface area contributed by atoms with Gasteiger partial charge in [0.25, 0.3) is 0 Å². The van der Waals surface area contributed by atoms with Gasteiger partial charge in [0, 0.05) is 24.7 Å². The van der Waals surface area contributed by atoms with E-state index in [1.54, 1.807) is 19.1 Å². The molecule has 0 aliphatic carbocycles. The summed E-state index contributed by atoms with van der Waals surface area (Å²) in [5.74, 6) is 1.02. The van der Waals surface area contributed by atoms with Crippen molar-refractivity contribution < 1.29 is 18.8 Å². The molecule has 4 rings (SSSR count). The van der Waals surface area contributed by atoms with Crippen LogP contribution < -0.4 is 14.3 Å². The van der Waals surface area contributed by atoms with Crippen LogP contribution >= 0.6 is 11.3 Å². The van der Waals surface area contributed by atoms with Crippen LogP contribution in [0.1, 0.15) is 16.2 Å². The van der Waals surface area contributed by atoms with Crippen LogP contribution in [0.25, 0.3) is 10.2 Å². The summed E-state index contributed by atoms with van der Waals surface area (Å²) in [6, 6.07) is 5.34. The lowest BCUT2D eigenvalue weighted by Crippen LogP contribution is -2.16. The van der Waals surface area contributed by atoms with Crippen LogP contribution in [0.2, 0.25) is 0 Å². The minimum Gasteiger partial charge on any atom is -0.454 e. The lowest BCUT2D eigenvalue weighted by atomic mass is 10.3. The zero-order valence-corrected chi connectivity index (χ0v) is 13.6. The molecular weight excluding hydrogens is 330 g/mol. The summed E-state index contributed by atoms with van der Waals surface area (Å²) in [7, 11) is 0. The van der Waals surface area contributed by atoms with Gasteiger partial charge < -0.3 is 18.6 Å². The molecule has 122 valence electrons. The zero-order chi connectivity index (χ0) is 16.7. The average Bonchev–Trinajstić information content (AvgIpc) is 3.25. The van der Waals surface area contributed by atoms with Gasteiger partial charge in [-0.2, -0.15) is 4.99 Å². The minimum atomic E-state index is -0.472. The molecule has 0 atom stereocenters. The number of rotatable bonds is 3. The highest BCUT2D eigenvalue weighted by Gasteiger charge is 2.18. The molecule has 1 aliphatic heterocycles. The number of allylic oxidation sites excluding steroid dienone is 1. The molecule has 1 amide bonds. The zero-order valence-electron chi connectivity index (χ0n) is 12.8. The normalized spacial score (nSPS) is 13.6. The van der Waals surface area contributed by atoms with Crippen LogP contribution in [0.15, 0.2) is 40.4 Å². The molecule has 1 aliphatic rings. The number of carbonyl (C=O) groups excluding carboxylic acids is 1. The molecule has 0 radical (unpaired) electrons. The van der Waals surface area contributed by atoms with Gasteiger partial charge >= 0.3 is 5.91 Å². The first-order valence-electron chi connectivity index (χ1n) is 7.22. The number of hydrogen-bond donors (Lipinski definition) is 0. The standard InChI is InChI=1S/C16H13N3O4S/c1-3-4-19-10-6-11-12(22-8-21-11)7-14(10)24-16(19)17-15(20)13-5-9(2)18-23-13/h3,5-7H,1,4,8H2,2H3. The highest BCUT2D eigenvalue weighted by atomic mass is 32.1. The van der Waals surface area contributed by atoms with Gasteiger partial charge in [-0.3, -0.25) is 4.79 Å². The third kappa shape index (κ3) is 2.41. The van der Waals surface area contributed by atoms with Crippen LogP contribution in [-0.4, -0.2) is 22.4 Å². The van der Waals surface area contributed by atoms with Crippen molar-refractivity contribution in [2.24, 2.45) is 4.99 Å². The monoisotopic (exact) mass is 343 g/mol. The summed E-state index contributed by atoms with van der Waals surface area (Å²) < 4.78 is 18.7. The first-order chi connectivity index (χ1) is 11.7. The summed E-state index contributed by atoms with van der Waals surface area (Å²) in [6.45, 7) is 6.25. The predicted octanol–water partition coefficient (Wildman–Crippen LogP) is 2.66. The molecule has 0 saturated heterocycles. The van der Waals surface area contributed by atoms with Crippen molar-refractivity contribution in [3.63, 3.8) is 0 Å². The molecule has 0 N–H and O–H groups in total. The van der Waals surface area contributed by atoms with Crippen LogP contribution in [0.5, 0.6) is 11.5 Å². The van der Waals surface area contributed by atoms with Gasteiger partial charge in [0.05, 0.1) is 15.9 Å². The number of aromatic nitrogens is 2. The second-order valence-corrected chi connectivity index (χ2v) is 6.22. The fourth-order valence-electron chi connectivity index (χ4n) is 2.46. The van der Waals surface area contributed by atoms with Crippen molar-refractivity contribution in [2.45, 2.75) is 13.5 Å². The SMILES string of the molecule is C=CCn1c(=NC(=O)c2cc(C)no2)sc2cc3c(cc21)OCO3. The third-order valence-electron chi connectivity index (χ3n) is 3.52. The first-order valence-corrected chi connectivity index (χ1v) is 8.03. The third-order valence-corrected chi connectivity index (χ3v) is 4.57. The number of aryl methyl sites for hydroxylation is 1. The Balaban J connectivity index is 1.88. The summed E-state index contributed by atoms with van der Waals surface area (Å²) in [5.41, 5.74) is 1.54. The molecule has 1 aromatic carbocycles. The largest absolute Gasteiger partial charge is 0.454 e. The van der Waals surface area contributed by atoms with Crippen molar-refractivity contribution in [2.75, 3.05) is 6.79 Å². The quantitative estimate of drug-likeness (QED) is 0.683. The number of nitrogens with zero attached hydrogens (tertiary/aromatic N) is 3. The first kappa shape index (κ1) is 14.7. The Kier molecular flexibility index (Phi) is 3.46. The highest BCUT2D eigenvalue weighted by Crippen LogP contribution is 2.36. The average molecular weight is 343 g/mol. The van der Waals surface area contributed by atoms with Gasteiger partial charge in [0.15, 0.2) is 16.3 Å². The Hall–Kier alpha value is -2.87. The second kappa shape index (κ2) is 5.64. The van der Waals surface area contributed by atoms with Gasteiger partial charge in [0.1, 0.15) is 0 Å². The van der Waals surface area contributed by atoms with E-state index < -0.39 is 5.91 Å². The van der Waals surface area contributed by atoms with E-state index in [4.69, 9.17) is 14.0 Å². The molecule has 3 heterocycles. The molecule has 8 heteroatoms. The molecule has 3 aromatic rings. The smallest absolute Gasteiger partial charge is 0.318 e. The van der Waals surface area contributed by atoms with E-state index in [-0.39, 0.29) is 12.6 Å². The molecule has 0 fully saturated rings. The number of amides is 1. The fourth-order valence-corrected chi connectivity index (χ4v) is 3.50. The number of benzene rings is 1. The molecule has 7 nitrogen and oxygen atoms in total. The Bertz CT molecular complexity index is 1030. The molecular formula is C16H13N3O4S. The number of fused-ring (bicyclic) bond motifs is 2. The van der Waals surface area contributed by atoms with Crippen LogP contribution in [0, 0.1) is 6.92 Å². The van der Waals surface area contributed by atoms with Crippen LogP contribution in [-0.2, 0) is 6.54 Å². The second-order valence-electron chi connectivity index (χ2n) is 5.21. The Morgan fingerprint density at radius 3 is 2.92 bits per heavy atom. The van der Waals surface area contributed by atoms with E-state index in [1.165, 1.54) is 11.3 Å². The topological polar surface area (TPSA) is 78.9 Å². The Morgan fingerprint density at radius 1 is 1.42 bits per heavy atom. The Morgan fingerprint density at radius 2 is 2.21 bits per heavy atom. The molecule has 24 heavy (non-hydrogen) atoms.